The average molecular weight is 339 g/mol. The fraction of sp³-hybridized carbons (Fsp3) is 0.684. The molecule has 1 fully saturated rings. The van der Waals surface area contributed by atoms with Crippen molar-refractivity contribution in [3.8, 4) is 0 Å². The van der Waals surface area contributed by atoms with Crippen molar-refractivity contribution >= 4 is 10.1 Å². The lowest BCUT2D eigenvalue weighted by molar-refractivity contribution is 0.0638. The zero-order valence-corrected chi connectivity index (χ0v) is 15.4. The first-order valence-electron chi connectivity index (χ1n) is 8.94. The normalized spacial score (nSPS) is 19.4. The summed E-state index contributed by atoms with van der Waals surface area (Å²) in [4.78, 5) is 0.271. The lowest BCUT2D eigenvalue weighted by atomic mass is 9.80. The lowest BCUT2D eigenvalue weighted by Gasteiger charge is -2.33. The van der Waals surface area contributed by atoms with Gasteiger partial charge in [0.15, 0.2) is 0 Å². The molecule has 0 amide bonds. The van der Waals surface area contributed by atoms with Crippen LogP contribution in [-0.4, -0.2) is 14.5 Å². The maximum Gasteiger partial charge on any atom is 0.297 e. The molecule has 130 valence electrons. The van der Waals surface area contributed by atoms with E-state index in [0.29, 0.717) is 5.92 Å². The average Bonchev–Trinajstić information content (AvgIpc) is 2.54. The number of benzene rings is 1. The highest BCUT2D eigenvalue weighted by molar-refractivity contribution is 7.86. The molecule has 1 aromatic rings. The van der Waals surface area contributed by atoms with Crippen molar-refractivity contribution < 1.29 is 12.6 Å². The first-order valence-corrected chi connectivity index (χ1v) is 10.3. The first-order chi connectivity index (χ1) is 10.9. The van der Waals surface area contributed by atoms with E-state index in [1.165, 1.54) is 19.3 Å². The second kappa shape index (κ2) is 8.29. The van der Waals surface area contributed by atoms with Crippen LogP contribution < -0.4 is 0 Å². The molecule has 2 rings (SSSR count). The van der Waals surface area contributed by atoms with Crippen molar-refractivity contribution in [3.05, 3.63) is 29.8 Å². The highest BCUT2D eigenvalue weighted by Crippen LogP contribution is 2.34. The van der Waals surface area contributed by atoms with Crippen LogP contribution in [0.1, 0.15) is 64.4 Å². The molecule has 1 aromatic carbocycles. The summed E-state index contributed by atoms with van der Waals surface area (Å²) in [5.41, 5.74) is 1.05. The van der Waals surface area contributed by atoms with Crippen LogP contribution in [0.25, 0.3) is 0 Å². The van der Waals surface area contributed by atoms with Gasteiger partial charge in [0.1, 0.15) is 0 Å². The van der Waals surface area contributed by atoms with E-state index < -0.39 is 10.1 Å². The maximum atomic E-state index is 12.7. The second-order valence-electron chi connectivity index (χ2n) is 6.99. The summed E-state index contributed by atoms with van der Waals surface area (Å²) in [6.45, 7) is 6.22. The van der Waals surface area contributed by atoms with Crippen molar-refractivity contribution in [1.29, 1.82) is 0 Å². The van der Waals surface area contributed by atoms with Crippen molar-refractivity contribution in [3.63, 3.8) is 0 Å². The number of rotatable bonds is 7. The zero-order valence-electron chi connectivity index (χ0n) is 14.6. The summed E-state index contributed by atoms with van der Waals surface area (Å²) >= 11 is 0. The minimum absolute atomic E-state index is 0.193. The minimum Gasteiger partial charge on any atom is -0.262 e. The molecule has 0 heterocycles. The SMILES string of the molecule is CCCC(C)C(OS(=O)(=O)c1ccc(C)cc1)C1CCCCC1. The van der Waals surface area contributed by atoms with Gasteiger partial charge in [-0.25, -0.2) is 0 Å². The summed E-state index contributed by atoms with van der Waals surface area (Å²) in [6, 6.07) is 6.93. The van der Waals surface area contributed by atoms with E-state index in [4.69, 9.17) is 4.18 Å². The van der Waals surface area contributed by atoms with Crippen LogP contribution in [0.5, 0.6) is 0 Å². The summed E-state index contributed by atoms with van der Waals surface area (Å²) in [6.07, 6.45) is 7.67. The van der Waals surface area contributed by atoms with Crippen molar-refractivity contribution in [2.75, 3.05) is 0 Å². The Balaban J connectivity index is 2.19. The molecule has 0 spiro atoms. The maximum absolute atomic E-state index is 12.7. The molecular formula is C19H30O3S. The first kappa shape index (κ1) is 18.5. The molecule has 0 aromatic heterocycles. The predicted molar refractivity (Wildman–Crippen MR) is 93.9 cm³/mol. The van der Waals surface area contributed by atoms with Crippen molar-refractivity contribution in [1.82, 2.24) is 0 Å². The Hall–Kier alpha value is -0.870. The molecule has 0 radical (unpaired) electrons. The number of hydrogen-bond acceptors (Lipinski definition) is 3. The molecule has 1 aliphatic carbocycles. The van der Waals surface area contributed by atoms with Crippen LogP contribution >= 0.6 is 0 Å². The smallest absolute Gasteiger partial charge is 0.262 e. The summed E-state index contributed by atoms with van der Waals surface area (Å²) in [5, 5.41) is 0. The summed E-state index contributed by atoms with van der Waals surface area (Å²) < 4.78 is 31.2. The third-order valence-corrected chi connectivity index (χ3v) is 6.29. The molecule has 4 heteroatoms. The van der Waals surface area contributed by atoms with Gasteiger partial charge in [-0.2, -0.15) is 8.42 Å². The van der Waals surface area contributed by atoms with Gasteiger partial charge in [0.25, 0.3) is 10.1 Å². The molecule has 23 heavy (non-hydrogen) atoms. The van der Waals surface area contributed by atoms with Crippen LogP contribution in [-0.2, 0) is 14.3 Å². The molecular weight excluding hydrogens is 308 g/mol. The topological polar surface area (TPSA) is 43.4 Å². The number of aryl methyl sites for hydroxylation is 1. The zero-order chi connectivity index (χ0) is 16.9. The van der Waals surface area contributed by atoms with E-state index in [1.54, 1.807) is 12.1 Å². The molecule has 2 unspecified atom stereocenters. The number of hydrogen-bond donors (Lipinski definition) is 0. The van der Waals surface area contributed by atoms with E-state index >= 15 is 0 Å². The second-order valence-corrected chi connectivity index (χ2v) is 8.56. The Morgan fingerprint density at radius 2 is 1.74 bits per heavy atom. The van der Waals surface area contributed by atoms with Gasteiger partial charge in [-0.1, -0.05) is 57.2 Å². The Kier molecular flexibility index (Phi) is 6.66. The Morgan fingerprint density at radius 3 is 2.30 bits per heavy atom. The fourth-order valence-electron chi connectivity index (χ4n) is 3.63. The van der Waals surface area contributed by atoms with Crippen LogP contribution in [0.4, 0.5) is 0 Å². The molecule has 0 saturated heterocycles. The van der Waals surface area contributed by atoms with E-state index in [-0.39, 0.29) is 16.9 Å². The highest BCUT2D eigenvalue weighted by Gasteiger charge is 2.33. The van der Waals surface area contributed by atoms with Crippen LogP contribution in [0, 0.1) is 18.8 Å². The lowest BCUT2D eigenvalue weighted by Crippen LogP contribution is -2.34. The van der Waals surface area contributed by atoms with Gasteiger partial charge in [-0.3, -0.25) is 4.18 Å². The quantitative estimate of drug-likeness (QED) is 0.651. The molecule has 3 nitrogen and oxygen atoms in total. The molecule has 1 saturated carbocycles. The monoisotopic (exact) mass is 338 g/mol. The van der Waals surface area contributed by atoms with Gasteiger partial charge in [-0.05, 0) is 50.2 Å². The standard InChI is InChI=1S/C19H30O3S/c1-4-8-16(3)19(17-9-6-5-7-10-17)22-23(20,21)18-13-11-15(2)12-14-18/h11-14,16-17,19H,4-10H2,1-3H3. The van der Waals surface area contributed by atoms with Crippen LogP contribution in [0.3, 0.4) is 0 Å². The molecule has 0 aliphatic heterocycles. The van der Waals surface area contributed by atoms with E-state index in [1.807, 2.05) is 19.1 Å². The molecule has 2 atom stereocenters. The highest BCUT2D eigenvalue weighted by atomic mass is 32.2. The Bertz CT molecular complexity index is 571. The molecule has 1 aliphatic rings. The van der Waals surface area contributed by atoms with Crippen molar-refractivity contribution in [2.45, 2.75) is 76.7 Å². The third-order valence-electron chi connectivity index (χ3n) is 4.97. The van der Waals surface area contributed by atoms with Crippen LogP contribution in [0.2, 0.25) is 0 Å². The predicted octanol–water partition coefficient (Wildman–Crippen LogP) is 5.09. The Morgan fingerprint density at radius 1 is 1.13 bits per heavy atom. The summed E-state index contributed by atoms with van der Waals surface area (Å²) in [5.74, 6) is 0.633. The molecule has 0 N–H and O–H groups in total. The van der Waals surface area contributed by atoms with Crippen LogP contribution in [0.15, 0.2) is 29.2 Å². The Labute approximate surface area is 141 Å². The van der Waals surface area contributed by atoms with Gasteiger partial charge >= 0.3 is 0 Å². The van der Waals surface area contributed by atoms with Crippen molar-refractivity contribution in [2.24, 2.45) is 11.8 Å². The summed E-state index contributed by atoms with van der Waals surface area (Å²) in [7, 11) is -3.69. The largest absolute Gasteiger partial charge is 0.297 e. The fourth-order valence-corrected chi connectivity index (χ4v) is 4.85. The van der Waals surface area contributed by atoms with Gasteiger partial charge in [0.2, 0.25) is 0 Å². The third kappa shape index (κ3) is 5.05. The van der Waals surface area contributed by atoms with E-state index in [2.05, 4.69) is 13.8 Å². The van der Waals surface area contributed by atoms with Gasteiger partial charge < -0.3 is 0 Å². The van der Waals surface area contributed by atoms with E-state index in [9.17, 15) is 8.42 Å². The van der Waals surface area contributed by atoms with Gasteiger partial charge in [-0.15, -0.1) is 0 Å². The minimum atomic E-state index is -3.69. The van der Waals surface area contributed by atoms with E-state index in [0.717, 1.165) is 31.2 Å². The molecule has 0 bridgehead atoms. The van der Waals surface area contributed by atoms with Gasteiger partial charge in [0, 0.05) is 0 Å². The van der Waals surface area contributed by atoms with Gasteiger partial charge in [0.05, 0.1) is 11.0 Å².